The van der Waals surface area contributed by atoms with E-state index in [-0.39, 0.29) is 0 Å². The van der Waals surface area contributed by atoms with E-state index in [1.807, 2.05) is 0 Å². The Balaban J connectivity index is 1.75. The van der Waals surface area contributed by atoms with Crippen molar-refractivity contribution in [2.45, 2.75) is 45.3 Å². The zero-order valence-electron chi connectivity index (χ0n) is 10.7. The Labute approximate surface area is 99.3 Å². The van der Waals surface area contributed by atoms with Crippen LogP contribution in [-0.4, -0.2) is 43.3 Å². The van der Waals surface area contributed by atoms with E-state index in [1.165, 1.54) is 32.4 Å². The second kappa shape index (κ2) is 5.48. The minimum absolute atomic E-state index is 0.476. The molecule has 3 heteroatoms. The smallest absolute Gasteiger partial charge is 0.0706 e. The average molecular weight is 226 g/mol. The molecule has 0 spiro atoms. The number of ether oxygens (including phenoxy) is 1. The number of likely N-dealkylation sites (tertiary alicyclic amines) is 1. The Morgan fingerprint density at radius 3 is 2.62 bits per heavy atom. The maximum absolute atomic E-state index is 5.89. The first-order chi connectivity index (χ1) is 7.69. The lowest BCUT2D eigenvalue weighted by Crippen LogP contribution is -2.44. The van der Waals surface area contributed by atoms with Crippen molar-refractivity contribution in [1.29, 1.82) is 0 Å². The summed E-state index contributed by atoms with van der Waals surface area (Å²) in [6.45, 7) is 8.92. The first-order valence-electron chi connectivity index (χ1n) is 6.77. The normalized spacial score (nSPS) is 41.4. The van der Waals surface area contributed by atoms with Gasteiger partial charge in [-0.05, 0) is 51.1 Å². The molecule has 2 saturated heterocycles. The molecule has 0 aromatic rings. The molecule has 16 heavy (non-hydrogen) atoms. The molecule has 2 rings (SSSR count). The molecule has 0 radical (unpaired) electrons. The molecule has 94 valence electrons. The van der Waals surface area contributed by atoms with Crippen LogP contribution in [0, 0.1) is 11.8 Å². The van der Waals surface area contributed by atoms with Gasteiger partial charge in [0.1, 0.15) is 0 Å². The van der Waals surface area contributed by atoms with Gasteiger partial charge < -0.3 is 15.4 Å². The van der Waals surface area contributed by atoms with E-state index in [1.54, 1.807) is 0 Å². The van der Waals surface area contributed by atoms with E-state index in [0.717, 1.165) is 24.9 Å². The Morgan fingerprint density at radius 2 is 2.06 bits per heavy atom. The minimum atomic E-state index is 0.476. The third-order valence-corrected chi connectivity index (χ3v) is 4.25. The molecule has 4 atom stereocenters. The fourth-order valence-corrected chi connectivity index (χ4v) is 3.10. The fraction of sp³-hybridized carbons (Fsp3) is 1.00. The molecule has 3 nitrogen and oxygen atoms in total. The predicted octanol–water partition coefficient (Wildman–Crippen LogP) is 1.47. The molecule has 2 fully saturated rings. The van der Waals surface area contributed by atoms with Crippen LogP contribution in [-0.2, 0) is 4.74 Å². The molecule has 2 aliphatic rings. The maximum Gasteiger partial charge on any atom is 0.0706 e. The standard InChI is InChI=1S/C13H26N2O/c1-10-8-15(6-5-12(10)7-14)9-13-4-3-11(2)16-13/h10-13H,3-9,14H2,1-2H3. The van der Waals surface area contributed by atoms with Crippen molar-refractivity contribution in [3.63, 3.8) is 0 Å². The second-order valence-corrected chi connectivity index (χ2v) is 5.67. The highest BCUT2D eigenvalue weighted by atomic mass is 16.5. The fourth-order valence-electron chi connectivity index (χ4n) is 3.10. The number of nitrogens with two attached hydrogens (primary N) is 1. The molecule has 4 unspecified atom stereocenters. The molecule has 0 aliphatic carbocycles. The van der Waals surface area contributed by atoms with E-state index >= 15 is 0 Å². The van der Waals surface area contributed by atoms with Crippen molar-refractivity contribution in [3.8, 4) is 0 Å². The lowest BCUT2D eigenvalue weighted by Gasteiger charge is -2.37. The van der Waals surface area contributed by atoms with Crippen molar-refractivity contribution in [2.75, 3.05) is 26.2 Å². The molecule has 0 amide bonds. The van der Waals surface area contributed by atoms with Crippen LogP contribution >= 0.6 is 0 Å². The largest absolute Gasteiger partial charge is 0.374 e. The molecule has 2 N–H and O–H groups in total. The van der Waals surface area contributed by atoms with Crippen LogP contribution in [0.2, 0.25) is 0 Å². The van der Waals surface area contributed by atoms with Gasteiger partial charge >= 0.3 is 0 Å². The Bertz CT molecular complexity index is 222. The second-order valence-electron chi connectivity index (χ2n) is 5.67. The van der Waals surface area contributed by atoms with Gasteiger partial charge in [-0.1, -0.05) is 6.92 Å². The average Bonchev–Trinajstić information content (AvgIpc) is 2.64. The Hall–Kier alpha value is -0.120. The summed E-state index contributed by atoms with van der Waals surface area (Å²) in [6.07, 6.45) is 4.70. The van der Waals surface area contributed by atoms with Crippen LogP contribution in [0.4, 0.5) is 0 Å². The topological polar surface area (TPSA) is 38.5 Å². The van der Waals surface area contributed by atoms with Gasteiger partial charge in [-0.25, -0.2) is 0 Å². The van der Waals surface area contributed by atoms with Gasteiger partial charge in [0.25, 0.3) is 0 Å². The zero-order chi connectivity index (χ0) is 11.5. The van der Waals surface area contributed by atoms with Gasteiger partial charge in [-0.2, -0.15) is 0 Å². The lowest BCUT2D eigenvalue weighted by atomic mass is 9.87. The van der Waals surface area contributed by atoms with Gasteiger partial charge in [-0.3, -0.25) is 0 Å². The summed E-state index contributed by atoms with van der Waals surface area (Å²) in [5, 5.41) is 0. The van der Waals surface area contributed by atoms with Crippen LogP contribution < -0.4 is 5.73 Å². The monoisotopic (exact) mass is 226 g/mol. The first kappa shape index (κ1) is 12.3. The van der Waals surface area contributed by atoms with Crippen molar-refractivity contribution in [3.05, 3.63) is 0 Å². The quantitative estimate of drug-likeness (QED) is 0.792. The van der Waals surface area contributed by atoms with Crippen molar-refractivity contribution < 1.29 is 4.74 Å². The minimum Gasteiger partial charge on any atom is -0.374 e. The summed E-state index contributed by atoms with van der Waals surface area (Å²) < 4.78 is 5.89. The Kier molecular flexibility index (Phi) is 4.22. The zero-order valence-corrected chi connectivity index (χ0v) is 10.7. The third kappa shape index (κ3) is 2.96. The van der Waals surface area contributed by atoms with Crippen LogP contribution in [0.1, 0.15) is 33.1 Å². The highest BCUT2D eigenvalue weighted by Crippen LogP contribution is 2.25. The first-order valence-corrected chi connectivity index (χ1v) is 6.77. The number of piperidine rings is 1. The molecular formula is C13H26N2O. The van der Waals surface area contributed by atoms with Gasteiger partial charge in [0.2, 0.25) is 0 Å². The predicted molar refractivity (Wildman–Crippen MR) is 66.3 cm³/mol. The van der Waals surface area contributed by atoms with Gasteiger partial charge in [0, 0.05) is 13.1 Å². The number of hydrogen-bond acceptors (Lipinski definition) is 3. The summed E-state index contributed by atoms with van der Waals surface area (Å²) >= 11 is 0. The molecule has 0 saturated carbocycles. The third-order valence-electron chi connectivity index (χ3n) is 4.25. The lowest BCUT2D eigenvalue weighted by molar-refractivity contribution is 0.0165. The van der Waals surface area contributed by atoms with E-state index in [0.29, 0.717) is 12.2 Å². The Morgan fingerprint density at radius 1 is 1.25 bits per heavy atom. The summed E-state index contributed by atoms with van der Waals surface area (Å²) in [7, 11) is 0. The summed E-state index contributed by atoms with van der Waals surface area (Å²) in [4.78, 5) is 2.57. The van der Waals surface area contributed by atoms with Gasteiger partial charge in [-0.15, -0.1) is 0 Å². The summed E-state index contributed by atoms with van der Waals surface area (Å²) in [5.74, 6) is 1.48. The molecule has 2 heterocycles. The van der Waals surface area contributed by atoms with E-state index in [4.69, 9.17) is 10.5 Å². The van der Waals surface area contributed by atoms with Crippen molar-refractivity contribution in [2.24, 2.45) is 17.6 Å². The van der Waals surface area contributed by atoms with E-state index in [2.05, 4.69) is 18.7 Å². The van der Waals surface area contributed by atoms with Gasteiger partial charge in [0.05, 0.1) is 12.2 Å². The maximum atomic E-state index is 5.89. The highest BCUT2D eigenvalue weighted by molar-refractivity contribution is 4.81. The molecule has 0 aromatic carbocycles. The van der Waals surface area contributed by atoms with Crippen LogP contribution in [0.5, 0.6) is 0 Å². The number of nitrogens with zero attached hydrogens (tertiary/aromatic N) is 1. The van der Waals surface area contributed by atoms with E-state index < -0.39 is 0 Å². The SMILES string of the molecule is CC1CCC(CN2CCC(CN)C(C)C2)O1. The van der Waals surface area contributed by atoms with Crippen LogP contribution in [0.15, 0.2) is 0 Å². The number of hydrogen-bond donors (Lipinski definition) is 1. The van der Waals surface area contributed by atoms with E-state index in [9.17, 15) is 0 Å². The van der Waals surface area contributed by atoms with Crippen molar-refractivity contribution in [1.82, 2.24) is 4.90 Å². The van der Waals surface area contributed by atoms with Gasteiger partial charge in [0.15, 0.2) is 0 Å². The highest BCUT2D eigenvalue weighted by Gasteiger charge is 2.29. The van der Waals surface area contributed by atoms with Crippen LogP contribution in [0.3, 0.4) is 0 Å². The molecule has 0 bridgehead atoms. The molecule has 0 aromatic heterocycles. The van der Waals surface area contributed by atoms with Crippen LogP contribution in [0.25, 0.3) is 0 Å². The number of rotatable bonds is 3. The molecular weight excluding hydrogens is 200 g/mol. The molecule has 2 aliphatic heterocycles. The van der Waals surface area contributed by atoms with Crippen molar-refractivity contribution >= 4 is 0 Å². The summed E-state index contributed by atoms with van der Waals surface area (Å²) in [6, 6.07) is 0. The summed E-state index contributed by atoms with van der Waals surface area (Å²) in [5.41, 5.74) is 5.78.